The molecule has 8 nitrogen and oxygen atoms in total. The second-order valence-electron chi connectivity index (χ2n) is 5.09. The number of nitrogens with one attached hydrogen (secondary N) is 1. The molecule has 1 aliphatic heterocycles. The Bertz CT molecular complexity index is 871. The lowest BCUT2D eigenvalue weighted by atomic mass is 10.4. The lowest BCUT2D eigenvalue weighted by molar-refractivity contribution is 0.572. The van der Waals surface area contributed by atoms with Crippen molar-refractivity contribution in [2.75, 3.05) is 31.1 Å². The minimum absolute atomic E-state index is 0.0787. The van der Waals surface area contributed by atoms with Gasteiger partial charge in [0, 0.05) is 26.2 Å². The zero-order valence-electron chi connectivity index (χ0n) is 12.9. The molecule has 1 fully saturated rings. The fourth-order valence-electron chi connectivity index (χ4n) is 2.57. The van der Waals surface area contributed by atoms with Gasteiger partial charge in [0.25, 0.3) is 5.56 Å². The van der Waals surface area contributed by atoms with E-state index in [1.165, 1.54) is 4.68 Å². The van der Waals surface area contributed by atoms with E-state index in [4.69, 9.17) is 6.42 Å². The summed E-state index contributed by atoms with van der Waals surface area (Å²) in [6, 6.07) is 0. The van der Waals surface area contributed by atoms with E-state index in [2.05, 4.69) is 43.3 Å². The molecule has 0 spiro atoms. The number of terminal acetylenes is 1. The molecule has 0 atom stereocenters. The molecular weight excluding hydrogens is 294 g/mol. The molecule has 0 saturated carbocycles. The third-order valence-electron chi connectivity index (χ3n) is 3.67. The number of anilines is 1. The number of hydrogen-bond donors (Lipinski definition) is 1. The van der Waals surface area contributed by atoms with Gasteiger partial charge in [0.05, 0.1) is 6.54 Å². The number of aromatic nitrogens is 5. The van der Waals surface area contributed by atoms with Gasteiger partial charge in [-0.1, -0.05) is 17.1 Å². The second kappa shape index (κ2) is 6.51. The van der Waals surface area contributed by atoms with Crippen molar-refractivity contribution in [2.45, 2.75) is 20.0 Å². The van der Waals surface area contributed by atoms with E-state index in [0.29, 0.717) is 23.7 Å². The van der Waals surface area contributed by atoms with Crippen LogP contribution in [0, 0.1) is 24.2 Å². The van der Waals surface area contributed by atoms with Crippen molar-refractivity contribution in [3.8, 4) is 24.2 Å². The molecule has 0 aromatic carbocycles. The van der Waals surface area contributed by atoms with Crippen LogP contribution in [-0.4, -0.2) is 50.7 Å². The highest BCUT2D eigenvalue weighted by Crippen LogP contribution is 2.19. The summed E-state index contributed by atoms with van der Waals surface area (Å²) in [4.78, 5) is 19.3. The van der Waals surface area contributed by atoms with Crippen LogP contribution in [0.3, 0.4) is 0 Å². The molecule has 0 amide bonds. The van der Waals surface area contributed by atoms with Gasteiger partial charge in [-0.15, -0.1) is 17.4 Å². The molecule has 8 heteroatoms. The summed E-state index contributed by atoms with van der Waals surface area (Å²) < 4.78 is 2.97. The fourth-order valence-corrected chi connectivity index (χ4v) is 2.57. The minimum Gasteiger partial charge on any atom is -0.340 e. The number of imidazole rings is 1. The lowest BCUT2D eigenvalue weighted by Gasteiger charge is -2.28. The molecule has 23 heavy (non-hydrogen) atoms. The molecule has 0 aliphatic carbocycles. The van der Waals surface area contributed by atoms with Gasteiger partial charge < -0.3 is 10.2 Å². The average molecular weight is 311 g/mol. The quantitative estimate of drug-likeness (QED) is 0.737. The van der Waals surface area contributed by atoms with Gasteiger partial charge in [0.2, 0.25) is 11.6 Å². The van der Waals surface area contributed by atoms with Crippen molar-refractivity contribution in [1.29, 1.82) is 0 Å². The first-order chi connectivity index (χ1) is 11.3. The molecule has 3 heterocycles. The summed E-state index contributed by atoms with van der Waals surface area (Å²) >= 11 is 0. The van der Waals surface area contributed by atoms with Crippen LogP contribution < -0.4 is 15.8 Å². The molecule has 2 aromatic rings. The van der Waals surface area contributed by atoms with E-state index in [1.54, 1.807) is 11.5 Å². The highest BCUT2D eigenvalue weighted by atomic mass is 16.1. The van der Waals surface area contributed by atoms with Crippen molar-refractivity contribution in [2.24, 2.45) is 0 Å². The molecule has 1 saturated heterocycles. The zero-order valence-corrected chi connectivity index (χ0v) is 12.9. The van der Waals surface area contributed by atoms with Gasteiger partial charge in [-0.3, -0.25) is 9.36 Å². The summed E-state index contributed by atoms with van der Waals surface area (Å²) in [6.07, 6.45) is 5.28. The highest BCUT2D eigenvalue weighted by molar-refractivity contribution is 5.73. The molecular formula is C15H17N7O. The first kappa shape index (κ1) is 15.1. The predicted molar refractivity (Wildman–Crippen MR) is 86.9 cm³/mol. The summed E-state index contributed by atoms with van der Waals surface area (Å²) in [5.74, 6) is 8.96. The van der Waals surface area contributed by atoms with Crippen LogP contribution in [0.25, 0.3) is 11.2 Å². The monoisotopic (exact) mass is 311 g/mol. The Morgan fingerprint density at radius 2 is 2.09 bits per heavy atom. The Morgan fingerprint density at radius 3 is 2.78 bits per heavy atom. The SMILES string of the molecule is C#CCn1nnc2nc(N3CCNCC3)n(CC#CC)c2c1=O. The van der Waals surface area contributed by atoms with Crippen molar-refractivity contribution < 1.29 is 0 Å². The van der Waals surface area contributed by atoms with Gasteiger partial charge in [-0.2, -0.15) is 9.67 Å². The smallest absolute Gasteiger partial charge is 0.297 e. The Morgan fingerprint density at radius 1 is 1.30 bits per heavy atom. The third kappa shape index (κ3) is 2.77. The van der Waals surface area contributed by atoms with Crippen LogP contribution in [-0.2, 0) is 13.1 Å². The Kier molecular flexibility index (Phi) is 4.26. The van der Waals surface area contributed by atoms with Gasteiger partial charge >= 0.3 is 0 Å². The maximum absolute atomic E-state index is 12.6. The molecule has 0 unspecified atom stereocenters. The molecule has 118 valence electrons. The normalized spacial score (nSPS) is 14.3. The van der Waals surface area contributed by atoms with Crippen molar-refractivity contribution in [1.82, 2.24) is 29.9 Å². The Hall–Kier alpha value is -2.84. The molecule has 3 rings (SSSR count). The summed E-state index contributed by atoms with van der Waals surface area (Å²) in [7, 11) is 0. The summed E-state index contributed by atoms with van der Waals surface area (Å²) in [5.41, 5.74) is 0.431. The summed E-state index contributed by atoms with van der Waals surface area (Å²) in [5, 5.41) is 11.2. The second-order valence-corrected chi connectivity index (χ2v) is 5.09. The first-order valence-electron chi connectivity index (χ1n) is 7.39. The van der Waals surface area contributed by atoms with E-state index in [1.807, 2.05) is 0 Å². The van der Waals surface area contributed by atoms with E-state index in [-0.39, 0.29) is 12.1 Å². The van der Waals surface area contributed by atoms with Gasteiger partial charge in [0.1, 0.15) is 6.54 Å². The van der Waals surface area contributed by atoms with Gasteiger partial charge in [-0.05, 0) is 6.92 Å². The van der Waals surface area contributed by atoms with E-state index >= 15 is 0 Å². The van der Waals surface area contributed by atoms with Crippen molar-refractivity contribution >= 4 is 17.1 Å². The van der Waals surface area contributed by atoms with Gasteiger partial charge in [0.15, 0.2) is 5.52 Å². The third-order valence-corrected chi connectivity index (χ3v) is 3.67. The number of nitrogens with zero attached hydrogens (tertiary/aromatic N) is 6. The number of piperazine rings is 1. The number of fused-ring (bicyclic) bond motifs is 1. The Labute approximate surface area is 133 Å². The van der Waals surface area contributed by atoms with E-state index < -0.39 is 0 Å². The van der Waals surface area contributed by atoms with Crippen LogP contribution in [0.2, 0.25) is 0 Å². The van der Waals surface area contributed by atoms with Crippen LogP contribution in [0.15, 0.2) is 4.79 Å². The van der Waals surface area contributed by atoms with Gasteiger partial charge in [-0.25, -0.2) is 0 Å². The topological polar surface area (TPSA) is 80.9 Å². The van der Waals surface area contributed by atoms with Crippen LogP contribution in [0.1, 0.15) is 6.92 Å². The van der Waals surface area contributed by atoms with Crippen LogP contribution in [0.5, 0.6) is 0 Å². The maximum Gasteiger partial charge on any atom is 0.297 e. The van der Waals surface area contributed by atoms with E-state index in [0.717, 1.165) is 26.2 Å². The standard InChI is InChI=1S/C15H17N7O/c1-3-5-9-21-12-13(18-19-22(8-4-2)14(12)23)17-15(21)20-10-6-16-7-11-20/h2,16H,6-11H2,1H3. The van der Waals surface area contributed by atoms with E-state index in [9.17, 15) is 4.79 Å². The number of rotatable bonds is 3. The molecule has 0 radical (unpaired) electrons. The molecule has 2 aromatic heterocycles. The average Bonchev–Trinajstić information content (AvgIpc) is 2.96. The zero-order chi connectivity index (χ0) is 16.2. The molecule has 1 aliphatic rings. The molecule has 1 N–H and O–H groups in total. The van der Waals surface area contributed by atoms with Crippen molar-refractivity contribution in [3.05, 3.63) is 10.4 Å². The summed E-state index contributed by atoms with van der Waals surface area (Å²) in [6.45, 7) is 5.59. The van der Waals surface area contributed by atoms with Crippen molar-refractivity contribution in [3.63, 3.8) is 0 Å². The first-order valence-corrected chi connectivity index (χ1v) is 7.39. The number of hydrogen-bond acceptors (Lipinski definition) is 6. The lowest BCUT2D eigenvalue weighted by Crippen LogP contribution is -2.44. The minimum atomic E-state index is -0.292. The fraction of sp³-hybridized carbons (Fsp3) is 0.467. The highest BCUT2D eigenvalue weighted by Gasteiger charge is 2.22. The van der Waals surface area contributed by atoms with Crippen LogP contribution in [0.4, 0.5) is 5.95 Å². The maximum atomic E-state index is 12.6. The molecule has 0 bridgehead atoms. The Balaban J connectivity index is 2.18. The predicted octanol–water partition coefficient (Wildman–Crippen LogP) is -0.946. The largest absolute Gasteiger partial charge is 0.340 e. The van der Waals surface area contributed by atoms with Crippen LogP contribution >= 0.6 is 0 Å².